The lowest BCUT2D eigenvalue weighted by Crippen LogP contribution is -2.54. The van der Waals surface area contributed by atoms with E-state index in [2.05, 4.69) is 10.6 Å². The van der Waals surface area contributed by atoms with Crippen LogP contribution in [0.15, 0.2) is 48.5 Å². The molecule has 3 amide bonds. The van der Waals surface area contributed by atoms with Gasteiger partial charge in [-0.15, -0.1) is 0 Å². The van der Waals surface area contributed by atoms with Crippen LogP contribution in [0.1, 0.15) is 57.9 Å². The number of piperidine rings is 1. The second kappa shape index (κ2) is 11.3. The first-order valence-corrected chi connectivity index (χ1v) is 15.3. The lowest BCUT2D eigenvalue weighted by molar-refractivity contribution is -0.132. The molecule has 3 fully saturated rings. The highest BCUT2D eigenvalue weighted by molar-refractivity contribution is 6.04. The Labute approximate surface area is 247 Å². The minimum Gasteiger partial charge on any atom is -0.476 e. The van der Waals surface area contributed by atoms with Crippen molar-refractivity contribution in [1.82, 2.24) is 10.6 Å². The zero-order valence-electron chi connectivity index (χ0n) is 24.9. The number of nitrogens with zero attached hydrogens (tertiary/aromatic N) is 2. The van der Waals surface area contributed by atoms with Gasteiger partial charge < -0.3 is 29.9 Å². The number of amides is 3. The summed E-state index contributed by atoms with van der Waals surface area (Å²) in [5.74, 6) is 0.387. The van der Waals surface area contributed by atoms with Crippen LogP contribution < -0.4 is 25.2 Å². The highest BCUT2D eigenvalue weighted by Crippen LogP contribution is 2.48. The molecule has 2 N–H and O–H groups in total. The molecular formula is C33H42N4O5. The van der Waals surface area contributed by atoms with Crippen LogP contribution in [0.4, 0.5) is 11.4 Å². The molecule has 2 saturated carbocycles. The van der Waals surface area contributed by atoms with Crippen LogP contribution in [-0.2, 0) is 24.5 Å². The molecule has 0 spiro atoms. The molecule has 0 aromatic heterocycles. The average Bonchev–Trinajstić information content (AvgIpc) is 3.91. The van der Waals surface area contributed by atoms with Crippen molar-refractivity contribution in [1.29, 1.82) is 0 Å². The molecule has 2 aromatic rings. The van der Waals surface area contributed by atoms with Crippen LogP contribution in [0, 0.1) is 5.92 Å². The van der Waals surface area contributed by atoms with Crippen molar-refractivity contribution >= 4 is 29.1 Å². The topological polar surface area (TPSA) is 100 Å². The molecule has 0 radical (unpaired) electrons. The van der Waals surface area contributed by atoms with Crippen LogP contribution in [0.5, 0.6) is 5.75 Å². The summed E-state index contributed by atoms with van der Waals surface area (Å²) in [6.07, 6.45) is 4.89. The average molecular weight is 575 g/mol. The predicted octanol–water partition coefficient (Wildman–Crippen LogP) is 3.55. The minimum atomic E-state index is -0.972. The quantitative estimate of drug-likeness (QED) is 0.421. The van der Waals surface area contributed by atoms with E-state index in [0.29, 0.717) is 50.5 Å². The Bertz CT molecular complexity index is 1340. The molecule has 42 heavy (non-hydrogen) atoms. The SMILES string of the molecule is COCCCN1C(=O)C(C)(C)Oc2ccc(N(C(=O)[C@H]3CNC[C@@H](NC(=O)C4(c5ccccc5)CC4)C3)C3CC3)cc21. The van der Waals surface area contributed by atoms with Crippen molar-refractivity contribution in [2.45, 2.75) is 75.5 Å². The summed E-state index contributed by atoms with van der Waals surface area (Å²) in [5, 5.41) is 6.67. The maximum Gasteiger partial charge on any atom is 0.270 e. The maximum atomic E-state index is 14.1. The van der Waals surface area contributed by atoms with Gasteiger partial charge >= 0.3 is 0 Å². The van der Waals surface area contributed by atoms with Crippen LogP contribution in [0.3, 0.4) is 0 Å². The van der Waals surface area contributed by atoms with Gasteiger partial charge in [-0.05, 0) is 76.1 Å². The normalized spacial score (nSPS) is 23.9. The van der Waals surface area contributed by atoms with Gasteiger partial charge in [0.1, 0.15) is 5.75 Å². The standard InChI is InChI=1S/C33H42N4O5/c1-32(2)31(40)36(16-7-17-41-3)27-19-26(12-13-28(27)42-32)37(25-10-11-25)29(38)22-18-24(21-34-20-22)35-30(39)33(14-15-33)23-8-5-4-6-9-23/h4-6,8-9,12-13,19,22,24-25,34H,7,10-11,14-18,20-21H2,1-3H3,(H,35,39)/t22-,24+/m1/s1. The molecule has 2 aliphatic carbocycles. The van der Waals surface area contributed by atoms with E-state index in [9.17, 15) is 14.4 Å². The Morgan fingerprint density at radius 2 is 1.88 bits per heavy atom. The van der Waals surface area contributed by atoms with Crippen LogP contribution in [-0.4, -0.2) is 68.8 Å². The molecule has 6 rings (SSSR count). The molecule has 0 unspecified atom stereocenters. The Balaban J connectivity index is 1.19. The number of rotatable bonds is 10. The molecule has 224 valence electrons. The van der Waals surface area contributed by atoms with Gasteiger partial charge in [-0.3, -0.25) is 14.4 Å². The first kappa shape index (κ1) is 28.7. The van der Waals surface area contributed by atoms with Crippen molar-refractivity contribution in [2.24, 2.45) is 5.92 Å². The number of ether oxygens (including phenoxy) is 2. The molecule has 9 nitrogen and oxygen atoms in total. The fourth-order valence-electron chi connectivity index (χ4n) is 6.43. The third-order valence-electron chi connectivity index (χ3n) is 9.06. The van der Waals surface area contributed by atoms with Gasteiger partial charge in [0.05, 0.1) is 17.0 Å². The van der Waals surface area contributed by atoms with Crippen molar-refractivity contribution in [3.63, 3.8) is 0 Å². The zero-order chi connectivity index (χ0) is 29.5. The maximum absolute atomic E-state index is 14.1. The Morgan fingerprint density at radius 1 is 1.12 bits per heavy atom. The zero-order valence-corrected chi connectivity index (χ0v) is 24.9. The lowest BCUT2D eigenvalue weighted by atomic mass is 9.91. The molecule has 2 heterocycles. The fraction of sp³-hybridized carbons (Fsp3) is 0.545. The molecule has 0 bridgehead atoms. The molecule has 2 aliphatic heterocycles. The summed E-state index contributed by atoms with van der Waals surface area (Å²) in [7, 11) is 1.65. The van der Waals surface area contributed by atoms with E-state index in [1.807, 2.05) is 53.4 Å². The van der Waals surface area contributed by atoms with Crippen LogP contribution >= 0.6 is 0 Å². The third-order valence-corrected chi connectivity index (χ3v) is 9.06. The van der Waals surface area contributed by atoms with Gasteiger partial charge in [0.15, 0.2) is 5.60 Å². The van der Waals surface area contributed by atoms with E-state index in [0.717, 1.165) is 36.9 Å². The van der Waals surface area contributed by atoms with Crippen molar-refractivity contribution in [3.8, 4) is 5.75 Å². The second-order valence-corrected chi connectivity index (χ2v) is 12.7. The van der Waals surface area contributed by atoms with Gasteiger partial charge in [-0.1, -0.05) is 30.3 Å². The molecule has 2 atom stereocenters. The summed E-state index contributed by atoms with van der Waals surface area (Å²) < 4.78 is 11.3. The number of anilines is 2. The second-order valence-electron chi connectivity index (χ2n) is 12.7. The molecule has 2 aromatic carbocycles. The number of benzene rings is 2. The molecular weight excluding hydrogens is 532 g/mol. The number of nitrogens with one attached hydrogen (secondary N) is 2. The van der Waals surface area contributed by atoms with Gasteiger partial charge in [0.25, 0.3) is 5.91 Å². The van der Waals surface area contributed by atoms with Gasteiger partial charge in [-0.25, -0.2) is 0 Å². The first-order chi connectivity index (χ1) is 20.2. The number of hydrogen-bond acceptors (Lipinski definition) is 6. The first-order valence-electron chi connectivity index (χ1n) is 15.3. The number of methoxy groups -OCH3 is 1. The monoisotopic (exact) mass is 574 g/mol. The van der Waals surface area contributed by atoms with Gasteiger partial charge in [0, 0.05) is 51.1 Å². The number of carbonyl (C=O) groups excluding carboxylic acids is 3. The smallest absolute Gasteiger partial charge is 0.270 e. The minimum absolute atomic E-state index is 0.0578. The van der Waals surface area contributed by atoms with E-state index in [1.165, 1.54) is 0 Å². The Kier molecular flexibility index (Phi) is 7.74. The predicted molar refractivity (Wildman–Crippen MR) is 161 cm³/mol. The number of fused-ring (bicyclic) bond motifs is 1. The van der Waals surface area contributed by atoms with E-state index in [1.54, 1.807) is 25.9 Å². The summed E-state index contributed by atoms with van der Waals surface area (Å²) >= 11 is 0. The summed E-state index contributed by atoms with van der Waals surface area (Å²) in [6.45, 7) is 5.84. The number of hydrogen-bond donors (Lipinski definition) is 2. The van der Waals surface area contributed by atoms with Crippen LogP contribution in [0.25, 0.3) is 0 Å². The Morgan fingerprint density at radius 3 is 2.57 bits per heavy atom. The highest BCUT2D eigenvalue weighted by atomic mass is 16.5. The molecule has 4 aliphatic rings. The largest absolute Gasteiger partial charge is 0.476 e. The van der Waals surface area contributed by atoms with Crippen molar-refractivity contribution < 1.29 is 23.9 Å². The summed E-state index contributed by atoms with van der Waals surface area (Å²) in [6, 6.07) is 15.8. The van der Waals surface area contributed by atoms with Gasteiger partial charge in [-0.2, -0.15) is 0 Å². The summed E-state index contributed by atoms with van der Waals surface area (Å²) in [5.41, 5.74) is 1.12. The van der Waals surface area contributed by atoms with E-state index in [-0.39, 0.29) is 35.7 Å². The fourth-order valence-corrected chi connectivity index (χ4v) is 6.43. The highest BCUT2D eigenvalue weighted by Gasteiger charge is 2.52. The third kappa shape index (κ3) is 5.52. The molecule has 9 heteroatoms. The Hall–Kier alpha value is -3.43. The van der Waals surface area contributed by atoms with E-state index in [4.69, 9.17) is 9.47 Å². The summed E-state index contributed by atoms with van der Waals surface area (Å²) in [4.78, 5) is 44.5. The van der Waals surface area contributed by atoms with E-state index >= 15 is 0 Å². The number of carbonyl (C=O) groups is 3. The van der Waals surface area contributed by atoms with Gasteiger partial charge in [0.2, 0.25) is 11.8 Å². The van der Waals surface area contributed by atoms with Crippen molar-refractivity contribution in [3.05, 3.63) is 54.1 Å². The van der Waals surface area contributed by atoms with E-state index < -0.39 is 11.0 Å². The van der Waals surface area contributed by atoms with Crippen molar-refractivity contribution in [2.75, 3.05) is 43.2 Å². The lowest BCUT2D eigenvalue weighted by Gasteiger charge is -2.40. The molecule has 1 saturated heterocycles. The van der Waals surface area contributed by atoms with Crippen LogP contribution in [0.2, 0.25) is 0 Å².